The molecule has 1 aromatic carbocycles. The Morgan fingerprint density at radius 1 is 1.43 bits per heavy atom. The van der Waals surface area contributed by atoms with Gasteiger partial charge in [0.2, 0.25) is 5.44 Å². The van der Waals surface area contributed by atoms with Gasteiger partial charge in [0.05, 0.1) is 6.61 Å². The molecular formula is C10H12O3S. The molecule has 0 amide bonds. The van der Waals surface area contributed by atoms with Gasteiger partial charge in [-0.1, -0.05) is 18.2 Å². The molecule has 0 heterocycles. The Bertz CT molecular complexity index is 287. The lowest BCUT2D eigenvalue weighted by atomic mass is 10.3. The second kappa shape index (κ2) is 5.54. The number of rotatable bonds is 4. The zero-order valence-corrected chi connectivity index (χ0v) is 8.74. The van der Waals surface area contributed by atoms with Gasteiger partial charge in [0.1, 0.15) is 5.75 Å². The van der Waals surface area contributed by atoms with Gasteiger partial charge in [-0.2, -0.15) is 0 Å². The van der Waals surface area contributed by atoms with Gasteiger partial charge in [-0.15, -0.1) is 12.6 Å². The van der Waals surface area contributed by atoms with Crippen LogP contribution in [0.2, 0.25) is 0 Å². The molecule has 1 aromatic rings. The second-order valence-electron chi connectivity index (χ2n) is 2.54. The van der Waals surface area contributed by atoms with Crippen LogP contribution in [0.15, 0.2) is 30.3 Å². The van der Waals surface area contributed by atoms with Crippen molar-refractivity contribution in [2.45, 2.75) is 12.4 Å². The van der Waals surface area contributed by atoms with Crippen molar-refractivity contribution in [3.63, 3.8) is 0 Å². The van der Waals surface area contributed by atoms with E-state index in [-0.39, 0.29) is 0 Å². The largest absolute Gasteiger partial charge is 0.468 e. The third-order valence-corrected chi connectivity index (χ3v) is 1.80. The molecule has 4 heteroatoms. The van der Waals surface area contributed by atoms with Crippen LogP contribution in [0.1, 0.15) is 6.92 Å². The zero-order valence-electron chi connectivity index (χ0n) is 7.84. The van der Waals surface area contributed by atoms with Crippen molar-refractivity contribution >= 4 is 18.6 Å². The summed E-state index contributed by atoms with van der Waals surface area (Å²) in [5.41, 5.74) is -0.864. The molecule has 0 N–H and O–H groups in total. The minimum Gasteiger partial charge on any atom is -0.468 e. The minimum absolute atomic E-state index is 0.327. The van der Waals surface area contributed by atoms with Crippen LogP contribution in [0, 0.1) is 0 Å². The fourth-order valence-electron chi connectivity index (χ4n) is 0.890. The molecule has 0 saturated carbocycles. The molecule has 3 nitrogen and oxygen atoms in total. The van der Waals surface area contributed by atoms with Gasteiger partial charge in [-0.3, -0.25) is 0 Å². The van der Waals surface area contributed by atoms with E-state index >= 15 is 0 Å². The highest BCUT2D eigenvalue weighted by Crippen LogP contribution is 2.13. The molecular weight excluding hydrogens is 200 g/mol. The normalized spacial score (nSPS) is 11.9. The summed E-state index contributed by atoms with van der Waals surface area (Å²) in [4.78, 5) is 11.1. The van der Waals surface area contributed by atoms with E-state index in [1.165, 1.54) is 0 Å². The summed E-state index contributed by atoms with van der Waals surface area (Å²) in [6, 6.07) is 9.01. The fourth-order valence-corrected chi connectivity index (χ4v) is 1.09. The van der Waals surface area contributed by atoms with Gasteiger partial charge in [0.15, 0.2) is 0 Å². The van der Waals surface area contributed by atoms with Gasteiger partial charge in [-0.05, 0) is 19.1 Å². The average Bonchev–Trinajstić information content (AvgIpc) is 2.19. The van der Waals surface area contributed by atoms with E-state index in [0.717, 1.165) is 0 Å². The number of hydrogen-bond acceptors (Lipinski definition) is 4. The molecule has 0 aromatic heterocycles. The summed E-state index contributed by atoms with van der Waals surface area (Å²) in [5, 5.41) is 0. The number of thiol groups is 1. The first kappa shape index (κ1) is 10.9. The molecule has 0 spiro atoms. The van der Waals surface area contributed by atoms with E-state index in [4.69, 9.17) is 9.47 Å². The van der Waals surface area contributed by atoms with E-state index in [1.807, 2.05) is 18.2 Å². The summed E-state index contributed by atoms with van der Waals surface area (Å²) in [6.45, 7) is 2.06. The quantitative estimate of drug-likeness (QED) is 0.470. The number of ether oxygens (including phenoxy) is 2. The molecule has 76 valence electrons. The van der Waals surface area contributed by atoms with Crippen molar-refractivity contribution in [1.29, 1.82) is 0 Å². The Hall–Kier alpha value is -1.16. The highest BCUT2D eigenvalue weighted by Gasteiger charge is 2.16. The summed E-state index contributed by atoms with van der Waals surface area (Å²) in [5.74, 6) is 0.125. The second-order valence-corrected chi connectivity index (χ2v) is 3.00. The molecule has 0 radical (unpaired) electrons. The van der Waals surface area contributed by atoms with Crippen LogP contribution >= 0.6 is 12.6 Å². The average molecular weight is 212 g/mol. The first-order chi connectivity index (χ1) is 6.74. The van der Waals surface area contributed by atoms with Gasteiger partial charge < -0.3 is 9.47 Å². The number of para-hydroxylation sites is 1. The molecule has 0 saturated heterocycles. The molecule has 0 aliphatic rings. The molecule has 0 fully saturated rings. The van der Waals surface area contributed by atoms with Crippen molar-refractivity contribution in [1.82, 2.24) is 0 Å². The zero-order chi connectivity index (χ0) is 10.4. The van der Waals surface area contributed by atoms with E-state index in [1.54, 1.807) is 19.1 Å². The maximum absolute atomic E-state index is 11.1. The Balaban J connectivity index is 2.49. The lowest BCUT2D eigenvalue weighted by Crippen LogP contribution is -2.23. The standard InChI is InChI=1S/C10H12O3S/c1-2-12-9(11)10(14)13-8-6-4-3-5-7-8/h3-7,10,14H,2H2,1H3. The van der Waals surface area contributed by atoms with Gasteiger partial charge in [0.25, 0.3) is 0 Å². The number of carbonyl (C=O) groups excluding carboxylic acids is 1. The summed E-state index contributed by atoms with van der Waals surface area (Å²) in [6.07, 6.45) is 0. The third-order valence-electron chi connectivity index (χ3n) is 1.48. The Kier molecular flexibility index (Phi) is 4.32. The number of esters is 1. The van der Waals surface area contributed by atoms with Crippen molar-refractivity contribution in [2.75, 3.05) is 6.61 Å². The highest BCUT2D eigenvalue weighted by molar-refractivity contribution is 7.81. The molecule has 0 bridgehead atoms. The van der Waals surface area contributed by atoms with E-state index in [2.05, 4.69) is 12.6 Å². The van der Waals surface area contributed by atoms with Crippen LogP contribution in [0.5, 0.6) is 5.75 Å². The van der Waals surface area contributed by atoms with Gasteiger partial charge in [0, 0.05) is 0 Å². The third kappa shape index (κ3) is 3.30. The number of carbonyl (C=O) groups is 1. The lowest BCUT2D eigenvalue weighted by Gasteiger charge is -2.11. The summed E-state index contributed by atoms with van der Waals surface area (Å²) in [7, 11) is 0. The van der Waals surface area contributed by atoms with Crippen molar-refractivity contribution in [3.8, 4) is 5.75 Å². The van der Waals surface area contributed by atoms with Crippen molar-refractivity contribution in [3.05, 3.63) is 30.3 Å². The summed E-state index contributed by atoms with van der Waals surface area (Å²) >= 11 is 3.97. The number of benzene rings is 1. The van der Waals surface area contributed by atoms with Crippen LogP contribution in [0.25, 0.3) is 0 Å². The van der Waals surface area contributed by atoms with Crippen LogP contribution in [-0.4, -0.2) is 18.0 Å². The number of hydrogen-bond donors (Lipinski definition) is 1. The monoisotopic (exact) mass is 212 g/mol. The molecule has 0 aliphatic carbocycles. The van der Waals surface area contributed by atoms with Gasteiger partial charge in [-0.25, -0.2) is 4.79 Å². The Labute approximate surface area is 88.4 Å². The van der Waals surface area contributed by atoms with E-state index in [9.17, 15) is 4.79 Å². The SMILES string of the molecule is CCOC(=O)C(S)Oc1ccccc1. The highest BCUT2D eigenvalue weighted by atomic mass is 32.1. The molecule has 1 atom stereocenters. The predicted molar refractivity (Wildman–Crippen MR) is 56.5 cm³/mol. The molecule has 1 rings (SSSR count). The topological polar surface area (TPSA) is 35.5 Å². The van der Waals surface area contributed by atoms with E-state index < -0.39 is 11.4 Å². The van der Waals surface area contributed by atoms with E-state index in [0.29, 0.717) is 12.4 Å². The molecule has 1 unspecified atom stereocenters. The lowest BCUT2D eigenvalue weighted by molar-refractivity contribution is -0.147. The first-order valence-electron chi connectivity index (χ1n) is 4.30. The van der Waals surface area contributed by atoms with Crippen LogP contribution in [-0.2, 0) is 9.53 Å². The predicted octanol–water partition coefficient (Wildman–Crippen LogP) is 1.88. The van der Waals surface area contributed by atoms with Crippen molar-refractivity contribution < 1.29 is 14.3 Å². The van der Waals surface area contributed by atoms with Crippen LogP contribution in [0.4, 0.5) is 0 Å². The smallest absolute Gasteiger partial charge is 0.357 e. The Morgan fingerprint density at radius 2 is 2.07 bits per heavy atom. The fraction of sp³-hybridized carbons (Fsp3) is 0.300. The minimum atomic E-state index is -0.864. The summed E-state index contributed by atoms with van der Waals surface area (Å²) < 4.78 is 9.95. The first-order valence-corrected chi connectivity index (χ1v) is 4.82. The Morgan fingerprint density at radius 3 is 2.64 bits per heavy atom. The molecule has 14 heavy (non-hydrogen) atoms. The van der Waals surface area contributed by atoms with Crippen molar-refractivity contribution in [2.24, 2.45) is 0 Å². The maximum Gasteiger partial charge on any atom is 0.357 e. The van der Waals surface area contributed by atoms with Gasteiger partial charge >= 0.3 is 5.97 Å². The van der Waals surface area contributed by atoms with Crippen LogP contribution in [0.3, 0.4) is 0 Å². The molecule has 0 aliphatic heterocycles. The maximum atomic E-state index is 11.1. The van der Waals surface area contributed by atoms with Crippen LogP contribution < -0.4 is 4.74 Å².